The second kappa shape index (κ2) is 3.72. The van der Waals surface area contributed by atoms with Crippen molar-refractivity contribution >= 4 is 11.8 Å². The third kappa shape index (κ3) is 1.41. The molecular weight excluding hydrogens is 204 g/mol. The lowest BCUT2D eigenvalue weighted by Gasteiger charge is -2.44. The van der Waals surface area contributed by atoms with Crippen LogP contribution in [0.25, 0.3) is 0 Å². The number of ketones is 1. The molecule has 0 aromatic carbocycles. The topological polar surface area (TPSA) is 43.4 Å². The predicted octanol–water partition coefficient (Wildman–Crippen LogP) is 2.26. The number of Topliss-reactive ketones (excluding diaryl/α,β-unsaturated/α-hetero) is 1. The molecule has 1 fully saturated rings. The van der Waals surface area contributed by atoms with Gasteiger partial charge in [-0.15, -0.1) is 0 Å². The molecule has 0 aromatic heterocycles. The van der Waals surface area contributed by atoms with Crippen LogP contribution >= 0.6 is 0 Å². The molecule has 2 atom stereocenters. The molecular formula is C13H18O3. The molecule has 0 radical (unpaired) electrons. The number of fused-ring (bicyclic) bond motifs is 2. The zero-order valence-corrected chi connectivity index (χ0v) is 9.91. The molecule has 0 aliphatic heterocycles. The molecule has 1 saturated carbocycles. The zero-order valence-electron chi connectivity index (χ0n) is 9.91. The lowest BCUT2D eigenvalue weighted by Crippen LogP contribution is -2.52. The minimum atomic E-state index is -0.877. The van der Waals surface area contributed by atoms with Gasteiger partial charge in [-0.3, -0.25) is 9.59 Å². The van der Waals surface area contributed by atoms with Gasteiger partial charge in [0, 0.05) is 5.41 Å². The summed E-state index contributed by atoms with van der Waals surface area (Å²) in [6.45, 7) is 4.05. The highest BCUT2D eigenvalue weighted by Crippen LogP contribution is 2.50. The molecule has 2 aliphatic carbocycles. The SMILES string of the molecule is CCOC(=O)C12CC=CC(C)(CCC1)C2=O. The fourth-order valence-corrected chi connectivity index (χ4v) is 2.95. The first-order chi connectivity index (χ1) is 7.55. The van der Waals surface area contributed by atoms with E-state index in [1.807, 2.05) is 19.1 Å². The van der Waals surface area contributed by atoms with Crippen LogP contribution in [0.5, 0.6) is 0 Å². The summed E-state index contributed by atoms with van der Waals surface area (Å²) in [4.78, 5) is 24.4. The van der Waals surface area contributed by atoms with Gasteiger partial charge in [-0.2, -0.15) is 0 Å². The van der Waals surface area contributed by atoms with Gasteiger partial charge in [0.1, 0.15) is 5.41 Å². The van der Waals surface area contributed by atoms with Gasteiger partial charge >= 0.3 is 5.97 Å². The van der Waals surface area contributed by atoms with Gasteiger partial charge in [0.05, 0.1) is 6.61 Å². The first-order valence-electron chi connectivity index (χ1n) is 5.95. The summed E-state index contributed by atoms with van der Waals surface area (Å²) in [7, 11) is 0. The van der Waals surface area contributed by atoms with Crippen LogP contribution in [0.2, 0.25) is 0 Å². The smallest absolute Gasteiger partial charge is 0.319 e. The Labute approximate surface area is 95.9 Å². The number of hydrogen-bond acceptors (Lipinski definition) is 3. The Kier molecular flexibility index (Phi) is 2.64. The first-order valence-corrected chi connectivity index (χ1v) is 5.95. The van der Waals surface area contributed by atoms with Crippen molar-refractivity contribution in [2.45, 2.75) is 39.5 Å². The predicted molar refractivity (Wildman–Crippen MR) is 59.8 cm³/mol. The maximum Gasteiger partial charge on any atom is 0.319 e. The Balaban J connectivity index is 2.37. The second-order valence-corrected chi connectivity index (χ2v) is 5.01. The molecule has 0 amide bonds. The van der Waals surface area contributed by atoms with E-state index >= 15 is 0 Å². The van der Waals surface area contributed by atoms with Crippen molar-refractivity contribution in [1.82, 2.24) is 0 Å². The van der Waals surface area contributed by atoms with Crippen LogP contribution in [0.4, 0.5) is 0 Å². The summed E-state index contributed by atoms with van der Waals surface area (Å²) >= 11 is 0. The van der Waals surface area contributed by atoms with E-state index in [0.717, 1.165) is 12.8 Å². The van der Waals surface area contributed by atoms with Crippen LogP contribution in [-0.2, 0) is 14.3 Å². The molecule has 2 aliphatic rings. The fraction of sp³-hybridized carbons (Fsp3) is 0.692. The Morgan fingerprint density at radius 2 is 2.25 bits per heavy atom. The largest absolute Gasteiger partial charge is 0.465 e. The Hall–Kier alpha value is -1.12. The van der Waals surface area contributed by atoms with Crippen LogP contribution in [0.3, 0.4) is 0 Å². The highest BCUT2D eigenvalue weighted by molar-refractivity contribution is 6.08. The molecule has 3 nitrogen and oxygen atoms in total. The molecule has 88 valence electrons. The third-order valence-corrected chi connectivity index (χ3v) is 3.87. The Bertz CT molecular complexity index is 358. The minimum Gasteiger partial charge on any atom is -0.465 e. The highest BCUT2D eigenvalue weighted by atomic mass is 16.5. The fourth-order valence-electron chi connectivity index (χ4n) is 2.95. The quantitative estimate of drug-likeness (QED) is 0.409. The van der Waals surface area contributed by atoms with E-state index in [1.54, 1.807) is 6.92 Å². The Morgan fingerprint density at radius 1 is 1.50 bits per heavy atom. The molecule has 2 bridgehead atoms. The van der Waals surface area contributed by atoms with Gasteiger partial charge in [-0.05, 0) is 33.1 Å². The third-order valence-electron chi connectivity index (χ3n) is 3.87. The number of hydrogen-bond donors (Lipinski definition) is 0. The van der Waals surface area contributed by atoms with Crippen LogP contribution in [0.1, 0.15) is 39.5 Å². The van der Waals surface area contributed by atoms with Crippen molar-refractivity contribution in [2.75, 3.05) is 6.61 Å². The Morgan fingerprint density at radius 3 is 2.94 bits per heavy atom. The van der Waals surface area contributed by atoms with Crippen molar-refractivity contribution < 1.29 is 14.3 Å². The van der Waals surface area contributed by atoms with Gasteiger partial charge in [0.25, 0.3) is 0 Å². The molecule has 0 spiro atoms. The number of ether oxygens (including phenoxy) is 1. The van der Waals surface area contributed by atoms with Crippen LogP contribution in [-0.4, -0.2) is 18.4 Å². The maximum atomic E-state index is 12.4. The average molecular weight is 222 g/mol. The van der Waals surface area contributed by atoms with Gasteiger partial charge in [0.2, 0.25) is 0 Å². The first kappa shape index (κ1) is 11.4. The van der Waals surface area contributed by atoms with Crippen molar-refractivity contribution in [3.05, 3.63) is 12.2 Å². The van der Waals surface area contributed by atoms with E-state index in [-0.39, 0.29) is 11.8 Å². The summed E-state index contributed by atoms with van der Waals surface area (Å²) in [5.74, 6) is -0.262. The lowest BCUT2D eigenvalue weighted by atomic mass is 9.57. The number of rotatable bonds is 2. The van der Waals surface area contributed by atoms with Crippen LogP contribution in [0.15, 0.2) is 12.2 Å². The molecule has 0 heterocycles. The standard InChI is InChI=1S/C13H18O3/c1-3-16-11(15)13-8-4-6-12(2,10(13)14)7-5-9-13/h4,6H,3,5,7-9H2,1-2H3. The summed E-state index contributed by atoms with van der Waals surface area (Å²) in [5.41, 5.74) is -1.32. The average Bonchev–Trinajstić information content (AvgIpc) is 2.21. The molecule has 0 N–H and O–H groups in total. The number of carbonyl (C=O) groups is 2. The van der Waals surface area contributed by atoms with Gasteiger partial charge < -0.3 is 4.74 Å². The van der Waals surface area contributed by atoms with E-state index in [9.17, 15) is 9.59 Å². The monoisotopic (exact) mass is 222 g/mol. The summed E-state index contributed by atoms with van der Waals surface area (Å²) in [6, 6.07) is 0. The summed E-state index contributed by atoms with van der Waals surface area (Å²) in [6.07, 6.45) is 6.86. The molecule has 2 unspecified atom stereocenters. The van der Waals surface area contributed by atoms with Gasteiger partial charge in [-0.25, -0.2) is 0 Å². The van der Waals surface area contributed by atoms with Gasteiger partial charge in [0.15, 0.2) is 5.78 Å². The maximum absolute atomic E-state index is 12.4. The summed E-state index contributed by atoms with van der Waals surface area (Å²) < 4.78 is 5.08. The normalized spacial score (nSPS) is 37.2. The molecule has 3 heteroatoms. The molecule has 0 saturated heterocycles. The van der Waals surface area contributed by atoms with Crippen molar-refractivity contribution in [2.24, 2.45) is 10.8 Å². The van der Waals surface area contributed by atoms with E-state index in [1.165, 1.54) is 0 Å². The van der Waals surface area contributed by atoms with Crippen molar-refractivity contribution in [1.29, 1.82) is 0 Å². The summed E-state index contributed by atoms with van der Waals surface area (Å²) in [5, 5.41) is 0. The number of allylic oxidation sites excluding steroid dienone is 2. The van der Waals surface area contributed by atoms with E-state index in [0.29, 0.717) is 19.4 Å². The highest BCUT2D eigenvalue weighted by Gasteiger charge is 2.56. The van der Waals surface area contributed by atoms with Crippen LogP contribution in [0, 0.1) is 10.8 Å². The van der Waals surface area contributed by atoms with Gasteiger partial charge in [-0.1, -0.05) is 18.6 Å². The van der Waals surface area contributed by atoms with Crippen LogP contribution < -0.4 is 0 Å². The van der Waals surface area contributed by atoms with Crippen molar-refractivity contribution in [3.8, 4) is 0 Å². The molecule has 2 rings (SSSR count). The van der Waals surface area contributed by atoms with E-state index < -0.39 is 10.8 Å². The lowest BCUT2D eigenvalue weighted by molar-refractivity contribution is -0.166. The zero-order chi connectivity index (χ0) is 11.8. The van der Waals surface area contributed by atoms with Crippen molar-refractivity contribution in [3.63, 3.8) is 0 Å². The van der Waals surface area contributed by atoms with E-state index in [4.69, 9.17) is 4.74 Å². The number of carbonyl (C=O) groups excluding carboxylic acids is 2. The molecule has 0 aromatic rings. The van der Waals surface area contributed by atoms with E-state index in [2.05, 4.69) is 0 Å². The minimum absolute atomic E-state index is 0.0622. The second-order valence-electron chi connectivity index (χ2n) is 5.01. The number of esters is 1. The molecule has 16 heavy (non-hydrogen) atoms.